The molecule has 0 atom stereocenters. The Labute approximate surface area is 197 Å². The van der Waals surface area contributed by atoms with Gasteiger partial charge in [0.2, 0.25) is 0 Å². The van der Waals surface area contributed by atoms with Crippen molar-refractivity contribution in [3.05, 3.63) is 60.8 Å². The van der Waals surface area contributed by atoms with Crippen molar-refractivity contribution in [2.75, 3.05) is 36.4 Å². The summed E-state index contributed by atoms with van der Waals surface area (Å²) in [5, 5.41) is 11.5. The van der Waals surface area contributed by atoms with Crippen LogP contribution in [0.1, 0.15) is 23.2 Å². The van der Waals surface area contributed by atoms with Gasteiger partial charge in [-0.05, 0) is 50.2 Å². The van der Waals surface area contributed by atoms with Crippen LogP contribution in [-0.4, -0.2) is 56.8 Å². The molecule has 0 radical (unpaired) electrons. The van der Waals surface area contributed by atoms with E-state index in [4.69, 9.17) is 0 Å². The van der Waals surface area contributed by atoms with Crippen LogP contribution in [0.3, 0.4) is 0 Å². The highest BCUT2D eigenvalue weighted by molar-refractivity contribution is 6.04. The van der Waals surface area contributed by atoms with Gasteiger partial charge in [-0.2, -0.15) is 5.10 Å². The number of piperidine rings is 1. The standard InChI is InChI=1S/C25H26N8O/c1-32-14-20(12-30-32)19-8-18-9-22(29-13-21(18)28-11-19)31-24(34)17-2-5-27-23(10-17)33-15-25(16-33)3-6-26-7-4-25/h2,5,8-14,26H,3-4,6-7,15-16H2,1H3,(H,29,31,34). The highest BCUT2D eigenvalue weighted by Gasteiger charge is 2.43. The molecule has 1 amide bonds. The number of hydrogen-bond donors (Lipinski definition) is 2. The van der Waals surface area contributed by atoms with Gasteiger partial charge < -0.3 is 15.5 Å². The van der Waals surface area contributed by atoms with Crippen molar-refractivity contribution < 1.29 is 4.79 Å². The first kappa shape index (κ1) is 20.7. The van der Waals surface area contributed by atoms with Crippen LogP contribution in [0.25, 0.3) is 22.0 Å². The van der Waals surface area contributed by atoms with Crippen LogP contribution in [0, 0.1) is 5.41 Å². The molecule has 2 saturated heterocycles. The van der Waals surface area contributed by atoms with Crippen LogP contribution in [-0.2, 0) is 7.05 Å². The molecule has 0 unspecified atom stereocenters. The number of carbonyl (C=O) groups is 1. The Bertz CT molecular complexity index is 1370. The van der Waals surface area contributed by atoms with Gasteiger partial charge in [0.15, 0.2) is 0 Å². The number of nitrogens with one attached hydrogen (secondary N) is 2. The Balaban J connectivity index is 1.18. The van der Waals surface area contributed by atoms with E-state index in [1.165, 1.54) is 12.8 Å². The Morgan fingerprint density at radius 2 is 1.88 bits per heavy atom. The Hall–Kier alpha value is -3.85. The van der Waals surface area contributed by atoms with Gasteiger partial charge in [-0.3, -0.25) is 14.5 Å². The predicted octanol–water partition coefficient (Wildman–Crippen LogP) is 2.87. The normalized spacial score (nSPS) is 17.0. The molecule has 9 heteroatoms. The summed E-state index contributed by atoms with van der Waals surface area (Å²) in [6.07, 6.45) is 11.3. The van der Waals surface area contributed by atoms with Gasteiger partial charge in [0.05, 0.1) is 17.9 Å². The molecular formula is C25H26N8O. The summed E-state index contributed by atoms with van der Waals surface area (Å²) in [5.41, 5.74) is 3.69. The third-order valence-electron chi connectivity index (χ3n) is 6.90. The third kappa shape index (κ3) is 3.88. The summed E-state index contributed by atoms with van der Waals surface area (Å²) < 4.78 is 1.76. The predicted molar refractivity (Wildman–Crippen MR) is 131 cm³/mol. The maximum absolute atomic E-state index is 13.0. The minimum Gasteiger partial charge on any atom is -0.355 e. The topological polar surface area (TPSA) is 101 Å². The van der Waals surface area contributed by atoms with E-state index in [1.54, 1.807) is 29.3 Å². The molecule has 4 aromatic heterocycles. The first-order valence-electron chi connectivity index (χ1n) is 11.5. The second-order valence-corrected chi connectivity index (χ2v) is 9.35. The van der Waals surface area contributed by atoms with Gasteiger partial charge >= 0.3 is 0 Å². The smallest absolute Gasteiger partial charge is 0.257 e. The molecule has 0 aromatic carbocycles. The molecule has 2 aliphatic rings. The number of aromatic nitrogens is 5. The van der Waals surface area contributed by atoms with E-state index >= 15 is 0 Å². The van der Waals surface area contributed by atoms with E-state index < -0.39 is 0 Å². The van der Waals surface area contributed by atoms with E-state index in [0.717, 1.165) is 54.0 Å². The van der Waals surface area contributed by atoms with Gasteiger partial charge in [-0.1, -0.05) is 0 Å². The number of aryl methyl sites for hydroxylation is 1. The number of nitrogens with zero attached hydrogens (tertiary/aromatic N) is 6. The number of pyridine rings is 3. The SMILES string of the molecule is Cn1cc(-c2cnc3cnc(NC(=O)c4ccnc(N5CC6(CCNCC6)C5)c4)cc3c2)cn1. The zero-order valence-electron chi connectivity index (χ0n) is 19.0. The fourth-order valence-corrected chi connectivity index (χ4v) is 4.95. The van der Waals surface area contributed by atoms with Gasteiger partial charge in [0, 0.05) is 66.2 Å². The Morgan fingerprint density at radius 1 is 1.03 bits per heavy atom. The second kappa shape index (κ2) is 8.18. The van der Waals surface area contributed by atoms with E-state index in [1.807, 2.05) is 37.6 Å². The first-order valence-corrected chi connectivity index (χ1v) is 11.5. The van der Waals surface area contributed by atoms with Crippen molar-refractivity contribution in [1.29, 1.82) is 0 Å². The van der Waals surface area contributed by atoms with Crippen LogP contribution in [0.15, 0.2) is 55.2 Å². The molecule has 34 heavy (non-hydrogen) atoms. The van der Waals surface area contributed by atoms with Crippen molar-refractivity contribution in [2.24, 2.45) is 12.5 Å². The van der Waals surface area contributed by atoms with E-state index in [2.05, 4.69) is 35.6 Å². The monoisotopic (exact) mass is 454 g/mol. The molecule has 0 bridgehead atoms. The number of rotatable bonds is 4. The quantitative estimate of drug-likeness (QED) is 0.489. The number of anilines is 2. The van der Waals surface area contributed by atoms with Gasteiger partial charge in [-0.15, -0.1) is 0 Å². The van der Waals surface area contributed by atoms with Crippen molar-refractivity contribution in [3.63, 3.8) is 0 Å². The average molecular weight is 455 g/mol. The molecule has 2 N–H and O–H groups in total. The lowest BCUT2D eigenvalue weighted by Crippen LogP contribution is -2.60. The van der Waals surface area contributed by atoms with Crippen LogP contribution in [0.4, 0.5) is 11.6 Å². The highest BCUT2D eigenvalue weighted by Crippen LogP contribution is 2.40. The van der Waals surface area contributed by atoms with Gasteiger partial charge in [-0.25, -0.2) is 9.97 Å². The molecule has 9 nitrogen and oxygen atoms in total. The molecule has 2 fully saturated rings. The molecule has 4 aromatic rings. The number of amides is 1. The molecule has 0 aliphatic carbocycles. The minimum atomic E-state index is -0.205. The largest absolute Gasteiger partial charge is 0.355 e. The van der Waals surface area contributed by atoms with Crippen molar-refractivity contribution in [3.8, 4) is 11.1 Å². The molecule has 1 spiro atoms. The molecule has 0 saturated carbocycles. The molecular weight excluding hydrogens is 428 g/mol. The van der Waals surface area contributed by atoms with Crippen molar-refractivity contribution >= 4 is 28.4 Å². The van der Waals surface area contributed by atoms with Crippen molar-refractivity contribution in [1.82, 2.24) is 30.0 Å². The minimum absolute atomic E-state index is 0.205. The Morgan fingerprint density at radius 3 is 2.68 bits per heavy atom. The Kier molecular flexibility index (Phi) is 4.99. The summed E-state index contributed by atoms with van der Waals surface area (Å²) in [7, 11) is 1.88. The highest BCUT2D eigenvalue weighted by atomic mass is 16.1. The lowest BCUT2D eigenvalue weighted by atomic mass is 9.72. The van der Waals surface area contributed by atoms with E-state index in [9.17, 15) is 4.79 Å². The lowest BCUT2D eigenvalue weighted by Gasteiger charge is -2.53. The fraction of sp³-hybridized carbons (Fsp3) is 0.320. The van der Waals surface area contributed by atoms with Gasteiger partial charge in [0.25, 0.3) is 5.91 Å². The summed E-state index contributed by atoms with van der Waals surface area (Å²) in [5.74, 6) is 1.14. The van der Waals surface area contributed by atoms with Crippen molar-refractivity contribution in [2.45, 2.75) is 12.8 Å². The summed E-state index contributed by atoms with van der Waals surface area (Å²) >= 11 is 0. The third-order valence-corrected chi connectivity index (χ3v) is 6.90. The zero-order valence-corrected chi connectivity index (χ0v) is 19.0. The average Bonchev–Trinajstić information content (AvgIpc) is 3.29. The van der Waals surface area contributed by atoms with Crippen LogP contribution in [0.5, 0.6) is 0 Å². The number of hydrogen-bond acceptors (Lipinski definition) is 7. The van der Waals surface area contributed by atoms with Gasteiger partial charge in [0.1, 0.15) is 11.6 Å². The molecule has 2 aliphatic heterocycles. The first-order chi connectivity index (χ1) is 16.6. The van der Waals surface area contributed by atoms with Crippen LogP contribution >= 0.6 is 0 Å². The second-order valence-electron chi connectivity index (χ2n) is 9.35. The summed E-state index contributed by atoms with van der Waals surface area (Å²) in [6, 6.07) is 7.48. The fourth-order valence-electron chi connectivity index (χ4n) is 4.95. The summed E-state index contributed by atoms with van der Waals surface area (Å²) in [6.45, 7) is 4.18. The molecule has 172 valence electrons. The maximum Gasteiger partial charge on any atom is 0.257 e. The zero-order chi connectivity index (χ0) is 23.1. The van der Waals surface area contributed by atoms with E-state index in [0.29, 0.717) is 16.8 Å². The number of carbonyl (C=O) groups excluding carboxylic acids is 1. The maximum atomic E-state index is 13.0. The molecule has 6 heterocycles. The number of fused-ring (bicyclic) bond motifs is 1. The summed E-state index contributed by atoms with van der Waals surface area (Å²) in [4.78, 5) is 28.6. The van der Waals surface area contributed by atoms with Crippen LogP contribution in [0.2, 0.25) is 0 Å². The van der Waals surface area contributed by atoms with Crippen LogP contribution < -0.4 is 15.5 Å². The lowest BCUT2D eigenvalue weighted by molar-refractivity contribution is 0.102. The molecule has 6 rings (SSSR count). The van der Waals surface area contributed by atoms with E-state index in [-0.39, 0.29) is 5.91 Å².